The number of anilines is 1. The van der Waals surface area contributed by atoms with Gasteiger partial charge in [-0.1, -0.05) is 0 Å². The first-order valence-electron chi connectivity index (χ1n) is 9.18. The maximum atomic E-state index is 12.9. The molecule has 0 saturated carbocycles. The van der Waals surface area contributed by atoms with Gasteiger partial charge in [-0.05, 0) is 46.2 Å². The zero-order valence-corrected chi connectivity index (χ0v) is 16.8. The summed E-state index contributed by atoms with van der Waals surface area (Å²) in [6.45, 7) is 11.8. The minimum Gasteiger partial charge on any atom is -0.449 e. The summed E-state index contributed by atoms with van der Waals surface area (Å²) in [6.07, 6.45) is 0.194. The summed E-state index contributed by atoms with van der Waals surface area (Å²) >= 11 is 0. The van der Waals surface area contributed by atoms with Gasteiger partial charge >= 0.3 is 6.09 Å². The van der Waals surface area contributed by atoms with Crippen molar-refractivity contribution >= 4 is 17.7 Å². The van der Waals surface area contributed by atoms with Crippen molar-refractivity contribution in [2.75, 3.05) is 18.4 Å². The average Bonchev–Trinajstić information content (AvgIpc) is 3.05. The normalized spacial score (nSPS) is 23.3. The Bertz CT molecular complexity index is 768. The van der Waals surface area contributed by atoms with Gasteiger partial charge in [0.05, 0.1) is 5.41 Å². The third kappa shape index (κ3) is 4.28. The van der Waals surface area contributed by atoms with E-state index < -0.39 is 16.8 Å². The van der Waals surface area contributed by atoms with Crippen molar-refractivity contribution in [1.82, 2.24) is 4.90 Å². The van der Waals surface area contributed by atoms with Crippen LogP contribution in [0.25, 0.3) is 0 Å². The number of ether oxygens (including phenoxy) is 3. The zero-order chi connectivity index (χ0) is 20.0. The van der Waals surface area contributed by atoms with Gasteiger partial charge in [-0.2, -0.15) is 0 Å². The van der Waals surface area contributed by atoms with E-state index in [2.05, 4.69) is 5.32 Å². The smallest absolute Gasteiger partial charge is 0.410 e. The summed E-state index contributed by atoms with van der Waals surface area (Å²) in [5.41, 5.74) is -0.595. The molecule has 0 bridgehead atoms. The van der Waals surface area contributed by atoms with Gasteiger partial charge in [0.25, 0.3) is 0 Å². The van der Waals surface area contributed by atoms with E-state index in [0.29, 0.717) is 36.7 Å². The Balaban J connectivity index is 1.64. The van der Waals surface area contributed by atoms with E-state index in [1.54, 1.807) is 23.1 Å². The van der Waals surface area contributed by atoms with Crippen LogP contribution in [0.3, 0.4) is 0 Å². The molecule has 0 aliphatic carbocycles. The van der Waals surface area contributed by atoms with Crippen molar-refractivity contribution in [3.05, 3.63) is 18.2 Å². The average molecular weight is 376 g/mol. The molecule has 7 nitrogen and oxygen atoms in total. The summed E-state index contributed by atoms with van der Waals surface area (Å²) in [5.74, 6) is 0.411. The lowest BCUT2D eigenvalue weighted by Crippen LogP contribution is -2.40. The van der Waals surface area contributed by atoms with Gasteiger partial charge in [0, 0.05) is 38.7 Å². The van der Waals surface area contributed by atoms with Crippen molar-refractivity contribution in [2.45, 2.75) is 59.4 Å². The van der Waals surface area contributed by atoms with E-state index in [0.717, 1.165) is 0 Å². The third-order valence-electron chi connectivity index (χ3n) is 4.59. The van der Waals surface area contributed by atoms with Crippen LogP contribution in [0.4, 0.5) is 10.5 Å². The van der Waals surface area contributed by atoms with Gasteiger partial charge < -0.3 is 24.4 Å². The van der Waals surface area contributed by atoms with E-state index in [4.69, 9.17) is 14.2 Å². The molecule has 27 heavy (non-hydrogen) atoms. The van der Waals surface area contributed by atoms with E-state index in [1.807, 2.05) is 41.5 Å². The van der Waals surface area contributed by atoms with Crippen LogP contribution in [-0.2, 0) is 9.53 Å². The fourth-order valence-electron chi connectivity index (χ4n) is 3.21. The second-order valence-corrected chi connectivity index (χ2v) is 8.93. The summed E-state index contributed by atoms with van der Waals surface area (Å²) in [5, 5.41) is 2.94. The van der Waals surface area contributed by atoms with Gasteiger partial charge in [-0.25, -0.2) is 4.79 Å². The molecule has 148 valence electrons. The van der Waals surface area contributed by atoms with E-state index in [9.17, 15) is 9.59 Å². The number of hydrogen-bond donors (Lipinski definition) is 1. The van der Waals surface area contributed by atoms with Gasteiger partial charge in [0.1, 0.15) is 5.60 Å². The number of rotatable bonds is 2. The van der Waals surface area contributed by atoms with Crippen LogP contribution >= 0.6 is 0 Å². The van der Waals surface area contributed by atoms with Gasteiger partial charge in [-0.3, -0.25) is 4.79 Å². The Morgan fingerprint density at radius 1 is 1.15 bits per heavy atom. The first-order valence-corrected chi connectivity index (χ1v) is 9.18. The number of carbonyl (C=O) groups excluding carboxylic acids is 2. The largest absolute Gasteiger partial charge is 0.449 e. The highest BCUT2D eigenvalue weighted by Gasteiger charge is 2.43. The van der Waals surface area contributed by atoms with Crippen LogP contribution < -0.4 is 14.8 Å². The lowest BCUT2D eigenvalue weighted by molar-refractivity contribution is -0.124. The molecule has 3 rings (SSSR count). The van der Waals surface area contributed by atoms with Crippen molar-refractivity contribution in [3.63, 3.8) is 0 Å². The number of fused-ring (bicyclic) bond motifs is 1. The molecule has 0 spiro atoms. The van der Waals surface area contributed by atoms with Crippen LogP contribution in [0.15, 0.2) is 18.2 Å². The minimum absolute atomic E-state index is 0.133. The first kappa shape index (κ1) is 19.3. The van der Waals surface area contributed by atoms with Crippen LogP contribution in [0.5, 0.6) is 11.5 Å². The standard InChI is InChI=1S/C20H28N2O5/c1-18(2,3)27-17(24)22-10-9-20(6,12-22)16(23)21-13-7-8-14-15(11-13)26-19(4,5)25-14/h7-8,11H,9-10,12H2,1-6H3,(H,21,23). The molecule has 1 saturated heterocycles. The molecule has 1 unspecified atom stereocenters. The molecule has 7 heteroatoms. The number of nitrogens with zero attached hydrogens (tertiary/aromatic N) is 1. The maximum Gasteiger partial charge on any atom is 0.410 e. The van der Waals surface area contributed by atoms with Gasteiger partial charge in [-0.15, -0.1) is 0 Å². The Morgan fingerprint density at radius 2 is 1.81 bits per heavy atom. The number of hydrogen-bond acceptors (Lipinski definition) is 5. The monoisotopic (exact) mass is 376 g/mol. The fourth-order valence-corrected chi connectivity index (χ4v) is 3.21. The topological polar surface area (TPSA) is 77.1 Å². The second kappa shape index (κ2) is 6.32. The molecule has 1 atom stereocenters. The quantitative estimate of drug-likeness (QED) is 0.850. The highest BCUT2D eigenvalue weighted by Crippen LogP contribution is 2.41. The molecule has 1 fully saturated rings. The Kier molecular flexibility index (Phi) is 4.52. The van der Waals surface area contributed by atoms with E-state index >= 15 is 0 Å². The first-order chi connectivity index (χ1) is 12.4. The number of likely N-dealkylation sites (tertiary alicyclic amines) is 1. The van der Waals surface area contributed by atoms with Crippen LogP contribution in [0.1, 0.15) is 48.0 Å². The van der Waals surface area contributed by atoms with Gasteiger partial charge in [0.15, 0.2) is 11.5 Å². The third-order valence-corrected chi connectivity index (χ3v) is 4.59. The van der Waals surface area contributed by atoms with E-state index in [1.165, 1.54) is 0 Å². The number of carbonyl (C=O) groups is 2. The molecule has 1 aromatic rings. The summed E-state index contributed by atoms with van der Waals surface area (Å²) in [6, 6.07) is 5.32. The molecular formula is C20H28N2O5. The highest BCUT2D eigenvalue weighted by molar-refractivity contribution is 5.96. The van der Waals surface area contributed by atoms with Crippen LogP contribution in [-0.4, -0.2) is 41.4 Å². The summed E-state index contributed by atoms with van der Waals surface area (Å²) in [4.78, 5) is 26.7. The predicted octanol–water partition coefficient (Wildman–Crippen LogP) is 3.78. The lowest BCUT2D eigenvalue weighted by atomic mass is 9.88. The molecule has 2 aliphatic heterocycles. The molecular weight excluding hydrogens is 348 g/mol. The molecule has 0 aromatic heterocycles. The summed E-state index contributed by atoms with van der Waals surface area (Å²) in [7, 11) is 0. The van der Waals surface area contributed by atoms with Crippen molar-refractivity contribution in [3.8, 4) is 11.5 Å². The highest BCUT2D eigenvalue weighted by atomic mass is 16.7. The van der Waals surface area contributed by atoms with Crippen molar-refractivity contribution in [1.29, 1.82) is 0 Å². The van der Waals surface area contributed by atoms with Crippen molar-refractivity contribution in [2.24, 2.45) is 5.41 Å². The molecule has 0 radical (unpaired) electrons. The zero-order valence-electron chi connectivity index (χ0n) is 16.8. The molecule has 2 amide bonds. The number of amides is 2. The van der Waals surface area contributed by atoms with Crippen LogP contribution in [0, 0.1) is 5.41 Å². The van der Waals surface area contributed by atoms with Crippen molar-refractivity contribution < 1.29 is 23.8 Å². The van der Waals surface area contributed by atoms with Crippen LogP contribution in [0.2, 0.25) is 0 Å². The predicted molar refractivity (Wildman–Crippen MR) is 101 cm³/mol. The maximum absolute atomic E-state index is 12.9. The molecule has 1 N–H and O–H groups in total. The minimum atomic E-state index is -0.712. The Labute approximate surface area is 160 Å². The lowest BCUT2D eigenvalue weighted by Gasteiger charge is -2.26. The molecule has 2 heterocycles. The summed E-state index contributed by atoms with van der Waals surface area (Å²) < 4.78 is 16.8. The Hall–Kier alpha value is -2.44. The second-order valence-electron chi connectivity index (χ2n) is 8.93. The van der Waals surface area contributed by atoms with Gasteiger partial charge in [0.2, 0.25) is 11.7 Å². The SMILES string of the molecule is CC(C)(C)OC(=O)N1CCC(C)(C(=O)Nc2ccc3c(c2)OC(C)(C)O3)C1. The molecule has 2 aliphatic rings. The number of nitrogens with one attached hydrogen (secondary N) is 1. The Morgan fingerprint density at radius 3 is 2.48 bits per heavy atom. The fraction of sp³-hybridized carbons (Fsp3) is 0.600. The van der Waals surface area contributed by atoms with E-state index in [-0.39, 0.29) is 12.0 Å². The molecule has 1 aromatic carbocycles. The number of benzene rings is 1.